The molecule has 0 saturated heterocycles. The summed E-state index contributed by atoms with van der Waals surface area (Å²) >= 11 is 0. The molecule has 0 aliphatic carbocycles. The average Bonchev–Trinajstić information content (AvgIpc) is 3.14. The maximum absolute atomic E-state index is 13.1. The lowest BCUT2D eigenvalue weighted by atomic mass is 10.1. The van der Waals surface area contributed by atoms with E-state index in [0.29, 0.717) is 24.3 Å². The number of fused-ring (bicyclic) bond motifs is 1. The molecule has 0 radical (unpaired) electrons. The second-order valence-electron chi connectivity index (χ2n) is 7.29. The van der Waals surface area contributed by atoms with Gasteiger partial charge in [0.15, 0.2) is 21.3 Å². The van der Waals surface area contributed by atoms with Crippen LogP contribution in [0.4, 0.5) is 8.78 Å². The second-order valence-corrected chi connectivity index (χ2v) is 9.48. The first kappa shape index (κ1) is 22.9. The molecule has 0 saturated carbocycles. The summed E-state index contributed by atoms with van der Waals surface area (Å²) in [4.78, 5) is 16.7. The molecule has 0 fully saturated rings. The van der Waals surface area contributed by atoms with Crippen LogP contribution in [0.15, 0.2) is 52.9 Å². The van der Waals surface area contributed by atoms with E-state index in [1.165, 1.54) is 24.3 Å². The molecule has 1 heterocycles. The number of hydrogen-bond donors (Lipinski definition) is 1. The van der Waals surface area contributed by atoms with Crippen molar-refractivity contribution in [2.75, 3.05) is 5.75 Å². The van der Waals surface area contributed by atoms with Gasteiger partial charge in [0.1, 0.15) is 5.52 Å². The Kier molecular flexibility index (Phi) is 7.37. The van der Waals surface area contributed by atoms with E-state index in [2.05, 4.69) is 10.3 Å². The van der Waals surface area contributed by atoms with Crippen molar-refractivity contribution in [2.24, 2.45) is 0 Å². The number of benzene rings is 2. The van der Waals surface area contributed by atoms with E-state index in [-0.39, 0.29) is 23.6 Å². The zero-order chi connectivity index (χ0) is 22.4. The highest BCUT2D eigenvalue weighted by atomic mass is 32.2. The Morgan fingerprint density at radius 2 is 1.84 bits per heavy atom. The average molecular weight is 451 g/mol. The van der Waals surface area contributed by atoms with Gasteiger partial charge in [0.2, 0.25) is 5.91 Å². The predicted molar refractivity (Wildman–Crippen MR) is 113 cm³/mol. The highest BCUT2D eigenvalue weighted by Crippen LogP contribution is 2.24. The first-order valence-electron chi connectivity index (χ1n) is 9.97. The molecular formula is C22H24F2N2O4S. The molecule has 166 valence electrons. The van der Waals surface area contributed by atoms with E-state index < -0.39 is 33.7 Å². The molecule has 0 aliphatic rings. The summed E-state index contributed by atoms with van der Waals surface area (Å²) in [5, 5.41) is 2.80. The summed E-state index contributed by atoms with van der Waals surface area (Å²) in [5.74, 6) is -0.880. The Bertz CT molecular complexity index is 1110. The number of hydrogen-bond acceptors (Lipinski definition) is 5. The summed E-state index contributed by atoms with van der Waals surface area (Å²) in [6.07, 6.45) is -2.01. The maximum Gasteiger partial charge on any atom is 0.264 e. The van der Waals surface area contributed by atoms with Crippen LogP contribution in [0.5, 0.6) is 0 Å². The minimum Gasteiger partial charge on any atom is -0.441 e. The van der Waals surface area contributed by atoms with Crippen molar-refractivity contribution in [3.8, 4) is 0 Å². The first-order chi connectivity index (χ1) is 14.8. The Labute approximate surface area is 179 Å². The predicted octanol–water partition coefficient (Wildman–Crippen LogP) is 4.21. The van der Waals surface area contributed by atoms with E-state index in [1.54, 1.807) is 0 Å². The molecule has 9 heteroatoms. The molecule has 0 spiro atoms. The van der Waals surface area contributed by atoms with Gasteiger partial charge < -0.3 is 9.73 Å². The van der Waals surface area contributed by atoms with Crippen LogP contribution in [0.2, 0.25) is 0 Å². The number of para-hydroxylation sites is 2. The number of oxazole rings is 1. The number of rotatable bonds is 10. The fraction of sp³-hybridized carbons (Fsp3) is 0.364. The smallest absolute Gasteiger partial charge is 0.264 e. The van der Waals surface area contributed by atoms with Gasteiger partial charge in [0, 0.05) is 24.4 Å². The van der Waals surface area contributed by atoms with Gasteiger partial charge in [-0.15, -0.1) is 0 Å². The van der Waals surface area contributed by atoms with Crippen LogP contribution in [0.25, 0.3) is 11.1 Å². The van der Waals surface area contributed by atoms with Gasteiger partial charge in [-0.25, -0.2) is 22.2 Å². The molecule has 1 atom stereocenters. The van der Waals surface area contributed by atoms with Gasteiger partial charge in [0.05, 0.1) is 11.5 Å². The normalized spacial score (nSPS) is 12.9. The van der Waals surface area contributed by atoms with Gasteiger partial charge in [0.25, 0.3) is 6.43 Å². The van der Waals surface area contributed by atoms with E-state index in [9.17, 15) is 22.0 Å². The molecule has 2 aromatic carbocycles. The van der Waals surface area contributed by atoms with Crippen molar-refractivity contribution in [3.63, 3.8) is 0 Å². The highest BCUT2D eigenvalue weighted by molar-refractivity contribution is 7.90. The Hall–Kier alpha value is -2.81. The zero-order valence-corrected chi connectivity index (χ0v) is 17.9. The van der Waals surface area contributed by atoms with Crippen molar-refractivity contribution in [3.05, 3.63) is 65.5 Å². The Balaban J connectivity index is 1.55. The molecule has 31 heavy (non-hydrogen) atoms. The van der Waals surface area contributed by atoms with Gasteiger partial charge in [-0.1, -0.05) is 43.3 Å². The summed E-state index contributed by atoms with van der Waals surface area (Å²) in [5.41, 5.74) is 1.14. The number of nitrogens with one attached hydrogen (secondary N) is 1. The number of nitrogens with zero attached hydrogens (tertiary/aromatic N) is 1. The van der Waals surface area contributed by atoms with E-state index >= 15 is 0 Å². The van der Waals surface area contributed by atoms with Crippen LogP contribution in [0.1, 0.15) is 43.2 Å². The largest absolute Gasteiger partial charge is 0.441 e. The topological polar surface area (TPSA) is 89.3 Å². The molecule has 1 aromatic heterocycles. The fourth-order valence-electron chi connectivity index (χ4n) is 3.25. The zero-order valence-electron chi connectivity index (χ0n) is 17.1. The highest BCUT2D eigenvalue weighted by Gasteiger charge is 2.21. The van der Waals surface area contributed by atoms with Gasteiger partial charge in [-0.05, 0) is 24.1 Å². The van der Waals surface area contributed by atoms with Crippen LogP contribution < -0.4 is 5.32 Å². The second kappa shape index (κ2) is 10.00. The SMILES string of the molecule is CC[C@@H](Cc1nc2ccccc2o1)NC(=O)CCS(=O)(=O)Cc1ccccc1C(F)F. The molecule has 3 aromatic rings. The summed E-state index contributed by atoms with van der Waals surface area (Å²) in [7, 11) is -3.73. The maximum atomic E-state index is 13.1. The third-order valence-electron chi connectivity index (χ3n) is 4.92. The molecule has 1 amide bonds. The van der Waals surface area contributed by atoms with Crippen molar-refractivity contribution >= 4 is 26.8 Å². The van der Waals surface area contributed by atoms with Crippen LogP contribution in [-0.4, -0.2) is 31.1 Å². The van der Waals surface area contributed by atoms with Crippen molar-refractivity contribution in [1.29, 1.82) is 0 Å². The number of carbonyl (C=O) groups is 1. The third-order valence-corrected chi connectivity index (χ3v) is 6.50. The van der Waals surface area contributed by atoms with Crippen molar-refractivity contribution in [2.45, 2.75) is 44.4 Å². The van der Waals surface area contributed by atoms with Crippen LogP contribution in [0.3, 0.4) is 0 Å². The minimum atomic E-state index is -3.73. The van der Waals surface area contributed by atoms with E-state index in [0.717, 1.165) is 5.52 Å². The Morgan fingerprint density at radius 1 is 1.13 bits per heavy atom. The lowest BCUT2D eigenvalue weighted by Gasteiger charge is -2.15. The molecule has 6 nitrogen and oxygen atoms in total. The number of sulfone groups is 1. The summed E-state index contributed by atoms with van der Waals surface area (Å²) < 4.78 is 56.6. The number of aromatic nitrogens is 1. The molecule has 0 unspecified atom stereocenters. The Morgan fingerprint density at radius 3 is 2.55 bits per heavy atom. The number of amides is 1. The van der Waals surface area contributed by atoms with Gasteiger partial charge in [-0.2, -0.15) is 0 Å². The lowest BCUT2D eigenvalue weighted by Crippen LogP contribution is -2.37. The first-order valence-corrected chi connectivity index (χ1v) is 11.8. The third kappa shape index (κ3) is 6.33. The molecule has 0 bridgehead atoms. The van der Waals surface area contributed by atoms with E-state index in [1.807, 2.05) is 31.2 Å². The molecular weight excluding hydrogens is 426 g/mol. The summed E-state index contributed by atoms with van der Waals surface area (Å²) in [6.45, 7) is 1.89. The monoisotopic (exact) mass is 450 g/mol. The van der Waals surface area contributed by atoms with Crippen LogP contribution in [0, 0.1) is 0 Å². The van der Waals surface area contributed by atoms with Gasteiger partial charge >= 0.3 is 0 Å². The van der Waals surface area contributed by atoms with Crippen molar-refractivity contribution in [1.82, 2.24) is 10.3 Å². The molecule has 1 N–H and O–H groups in total. The van der Waals surface area contributed by atoms with E-state index in [4.69, 9.17) is 4.42 Å². The lowest BCUT2D eigenvalue weighted by molar-refractivity contribution is -0.121. The fourth-order valence-corrected chi connectivity index (χ4v) is 4.63. The van der Waals surface area contributed by atoms with Crippen LogP contribution >= 0.6 is 0 Å². The number of carbonyl (C=O) groups excluding carboxylic acids is 1. The number of halogens is 2. The van der Waals surface area contributed by atoms with Gasteiger partial charge in [-0.3, -0.25) is 4.79 Å². The summed E-state index contributed by atoms with van der Waals surface area (Å²) in [6, 6.07) is 12.6. The van der Waals surface area contributed by atoms with Crippen molar-refractivity contribution < 1.29 is 26.4 Å². The van der Waals surface area contributed by atoms with Crippen LogP contribution in [-0.2, 0) is 26.8 Å². The molecule has 3 rings (SSSR count). The minimum absolute atomic E-state index is 0.0558. The molecule has 0 aliphatic heterocycles. The quantitative estimate of drug-likeness (QED) is 0.500. The standard InChI is InChI=1S/C22H24F2N2O4S/c1-2-16(13-21-26-18-9-5-6-10-19(18)30-21)25-20(27)11-12-31(28,29)14-15-7-3-4-8-17(15)22(23)24/h3-10,16,22H,2,11-14H2,1H3,(H,25,27)/t16-/m0/s1. The number of alkyl halides is 2.